The van der Waals surface area contributed by atoms with Crippen LogP contribution in [0.25, 0.3) is 10.8 Å². The maximum absolute atomic E-state index is 12.6. The molecule has 0 aliphatic rings. The van der Waals surface area contributed by atoms with Crippen LogP contribution in [0.15, 0.2) is 54.6 Å². The third kappa shape index (κ3) is 4.16. The van der Waals surface area contributed by atoms with Gasteiger partial charge in [-0.3, -0.25) is 20.2 Å². The molecule has 0 saturated carbocycles. The van der Waals surface area contributed by atoms with Gasteiger partial charge in [0.15, 0.2) is 5.11 Å². The summed E-state index contributed by atoms with van der Waals surface area (Å²) < 4.78 is 0. The summed E-state index contributed by atoms with van der Waals surface area (Å²) in [5.74, 6) is -0.443. The molecule has 0 saturated heterocycles. The average Bonchev–Trinajstić information content (AvgIpc) is 2.63. The second-order valence-corrected chi connectivity index (χ2v) is 6.69. The Kier molecular flexibility index (Phi) is 5.55. The number of amides is 1. The van der Waals surface area contributed by atoms with Crippen LogP contribution in [0.1, 0.15) is 10.4 Å². The summed E-state index contributed by atoms with van der Waals surface area (Å²) in [5, 5.41) is 18.3. The quantitative estimate of drug-likeness (QED) is 0.347. The number of halogens is 2. The van der Waals surface area contributed by atoms with E-state index in [1.165, 1.54) is 18.2 Å². The van der Waals surface area contributed by atoms with Gasteiger partial charge in [-0.05, 0) is 35.8 Å². The highest BCUT2D eigenvalue weighted by Crippen LogP contribution is 2.27. The monoisotopic (exact) mass is 419 g/mol. The largest absolute Gasteiger partial charge is 0.331 e. The summed E-state index contributed by atoms with van der Waals surface area (Å²) in [6.07, 6.45) is 0. The lowest BCUT2D eigenvalue weighted by Crippen LogP contribution is -2.34. The first-order valence-corrected chi connectivity index (χ1v) is 8.77. The number of fused-ring (bicyclic) bond motifs is 1. The Morgan fingerprint density at radius 1 is 1.00 bits per heavy atom. The molecule has 3 aromatic rings. The maximum Gasteiger partial charge on any atom is 0.271 e. The van der Waals surface area contributed by atoms with Gasteiger partial charge in [0.05, 0.1) is 15.6 Å². The van der Waals surface area contributed by atoms with Crippen molar-refractivity contribution in [1.29, 1.82) is 0 Å². The van der Waals surface area contributed by atoms with Gasteiger partial charge in [0, 0.05) is 28.1 Å². The van der Waals surface area contributed by atoms with Crippen LogP contribution in [0.2, 0.25) is 10.0 Å². The summed E-state index contributed by atoms with van der Waals surface area (Å²) in [5.41, 5.74) is 0.459. The lowest BCUT2D eigenvalue weighted by Gasteiger charge is -2.12. The minimum absolute atomic E-state index is 0.0403. The molecule has 136 valence electrons. The van der Waals surface area contributed by atoms with Crippen LogP contribution >= 0.6 is 35.4 Å². The fraction of sp³-hybridized carbons (Fsp3) is 0. The fourth-order valence-electron chi connectivity index (χ4n) is 2.52. The van der Waals surface area contributed by atoms with Crippen molar-refractivity contribution in [1.82, 2.24) is 5.32 Å². The number of hydrogen-bond donors (Lipinski definition) is 2. The van der Waals surface area contributed by atoms with Crippen molar-refractivity contribution in [3.05, 3.63) is 80.3 Å². The van der Waals surface area contributed by atoms with E-state index >= 15 is 0 Å². The Labute approximate surface area is 169 Å². The van der Waals surface area contributed by atoms with E-state index in [0.29, 0.717) is 16.0 Å². The average molecular weight is 420 g/mol. The van der Waals surface area contributed by atoms with E-state index in [4.69, 9.17) is 35.4 Å². The SMILES string of the molecule is O=C(NC(=S)Nc1cc([N+](=O)[O-])ccc1Cl)c1cccc2c(Cl)cccc12. The molecular formula is C18H11Cl2N3O3S. The van der Waals surface area contributed by atoms with Crippen molar-refractivity contribution < 1.29 is 9.72 Å². The van der Waals surface area contributed by atoms with E-state index in [9.17, 15) is 14.9 Å². The molecule has 0 fully saturated rings. The number of thiocarbonyl (C=S) groups is 1. The van der Waals surface area contributed by atoms with Crippen LogP contribution in [0, 0.1) is 10.1 Å². The van der Waals surface area contributed by atoms with E-state index in [2.05, 4.69) is 10.6 Å². The number of carbonyl (C=O) groups excluding carboxylic acids is 1. The van der Waals surface area contributed by atoms with Crippen LogP contribution in [-0.4, -0.2) is 15.9 Å². The molecule has 6 nitrogen and oxygen atoms in total. The molecule has 0 radical (unpaired) electrons. The van der Waals surface area contributed by atoms with Crippen LogP contribution in [0.4, 0.5) is 11.4 Å². The summed E-state index contributed by atoms with van der Waals surface area (Å²) in [7, 11) is 0. The van der Waals surface area contributed by atoms with Crippen LogP contribution in [0.3, 0.4) is 0 Å². The number of nitro groups is 1. The van der Waals surface area contributed by atoms with E-state index in [1.807, 2.05) is 6.07 Å². The molecule has 0 atom stereocenters. The van der Waals surface area contributed by atoms with E-state index < -0.39 is 10.8 Å². The normalized spacial score (nSPS) is 10.4. The predicted molar refractivity (Wildman–Crippen MR) is 111 cm³/mol. The number of nitrogens with one attached hydrogen (secondary N) is 2. The fourth-order valence-corrected chi connectivity index (χ4v) is 3.12. The Balaban J connectivity index is 1.81. The number of nitro benzene ring substituents is 1. The van der Waals surface area contributed by atoms with Gasteiger partial charge in [-0.15, -0.1) is 0 Å². The van der Waals surface area contributed by atoms with Gasteiger partial charge in [0.1, 0.15) is 0 Å². The first-order valence-electron chi connectivity index (χ1n) is 7.60. The minimum atomic E-state index is -0.553. The molecule has 0 unspecified atom stereocenters. The first-order chi connectivity index (χ1) is 12.9. The maximum atomic E-state index is 12.6. The number of hydrogen-bond acceptors (Lipinski definition) is 4. The predicted octanol–water partition coefficient (Wildman–Crippen LogP) is 5.18. The number of non-ortho nitro benzene ring substituents is 1. The zero-order valence-corrected chi connectivity index (χ0v) is 15.9. The highest BCUT2D eigenvalue weighted by atomic mass is 35.5. The second kappa shape index (κ2) is 7.87. The number of rotatable bonds is 3. The van der Waals surface area contributed by atoms with Crippen molar-refractivity contribution in [2.45, 2.75) is 0 Å². The molecule has 3 rings (SSSR count). The highest BCUT2D eigenvalue weighted by molar-refractivity contribution is 7.80. The van der Waals surface area contributed by atoms with Crippen molar-refractivity contribution in [2.75, 3.05) is 5.32 Å². The Hall–Kier alpha value is -2.74. The van der Waals surface area contributed by atoms with Crippen molar-refractivity contribution in [3.63, 3.8) is 0 Å². The first kappa shape index (κ1) is 19.0. The second-order valence-electron chi connectivity index (χ2n) is 5.47. The van der Waals surface area contributed by atoms with Gasteiger partial charge in [-0.25, -0.2) is 0 Å². The third-order valence-electron chi connectivity index (χ3n) is 3.75. The summed E-state index contributed by atoms with van der Waals surface area (Å²) in [4.78, 5) is 22.9. The van der Waals surface area contributed by atoms with Gasteiger partial charge in [0.25, 0.3) is 11.6 Å². The molecule has 0 heterocycles. The lowest BCUT2D eigenvalue weighted by molar-refractivity contribution is -0.384. The number of anilines is 1. The van der Waals surface area contributed by atoms with Gasteiger partial charge in [0.2, 0.25) is 0 Å². The Bertz CT molecular complexity index is 1090. The summed E-state index contributed by atoms with van der Waals surface area (Å²) in [6.45, 7) is 0. The van der Waals surface area contributed by atoms with Gasteiger partial charge in [-0.1, -0.05) is 47.5 Å². The molecule has 0 bridgehead atoms. The Morgan fingerprint density at radius 3 is 2.44 bits per heavy atom. The molecule has 0 aliphatic carbocycles. The molecule has 9 heteroatoms. The molecular weight excluding hydrogens is 409 g/mol. The van der Waals surface area contributed by atoms with Gasteiger partial charge < -0.3 is 5.32 Å². The number of nitrogens with zero attached hydrogens (tertiary/aromatic N) is 1. The van der Waals surface area contributed by atoms with Crippen LogP contribution in [0.5, 0.6) is 0 Å². The molecule has 0 aromatic heterocycles. The zero-order chi connectivity index (χ0) is 19.6. The molecule has 27 heavy (non-hydrogen) atoms. The molecule has 1 amide bonds. The van der Waals surface area contributed by atoms with E-state index in [1.54, 1.807) is 30.3 Å². The topological polar surface area (TPSA) is 84.3 Å². The van der Waals surface area contributed by atoms with E-state index in [0.717, 1.165) is 5.39 Å². The molecule has 0 spiro atoms. The van der Waals surface area contributed by atoms with Crippen molar-refractivity contribution in [2.24, 2.45) is 0 Å². The molecule has 0 aliphatic heterocycles. The standard InChI is InChI=1S/C18H11Cl2N3O3S/c19-14-6-2-3-11-12(14)4-1-5-13(11)17(24)22-18(27)21-16-9-10(23(25)26)7-8-15(16)20/h1-9H,(H2,21,22,24,27). The van der Waals surface area contributed by atoms with Crippen LogP contribution in [-0.2, 0) is 0 Å². The number of benzene rings is 3. The van der Waals surface area contributed by atoms with Gasteiger partial charge >= 0.3 is 0 Å². The molecule has 2 N–H and O–H groups in total. The zero-order valence-electron chi connectivity index (χ0n) is 13.5. The number of carbonyl (C=O) groups is 1. The third-order valence-corrected chi connectivity index (χ3v) is 4.61. The summed E-state index contributed by atoms with van der Waals surface area (Å²) >= 11 is 17.3. The van der Waals surface area contributed by atoms with E-state index in [-0.39, 0.29) is 21.5 Å². The highest BCUT2D eigenvalue weighted by Gasteiger charge is 2.15. The van der Waals surface area contributed by atoms with Crippen molar-refractivity contribution >= 4 is 68.6 Å². The smallest absolute Gasteiger partial charge is 0.271 e. The minimum Gasteiger partial charge on any atom is -0.331 e. The van der Waals surface area contributed by atoms with Crippen molar-refractivity contribution in [3.8, 4) is 0 Å². The van der Waals surface area contributed by atoms with Crippen LogP contribution < -0.4 is 10.6 Å². The lowest BCUT2D eigenvalue weighted by atomic mass is 10.0. The van der Waals surface area contributed by atoms with Gasteiger partial charge in [-0.2, -0.15) is 0 Å². The Morgan fingerprint density at radius 2 is 1.70 bits per heavy atom. The summed E-state index contributed by atoms with van der Waals surface area (Å²) in [6, 6.07) is 14.3. The molecule has 3 aromatic carbocycles.